The monoisotopic (exact) mass is 334 g/mol. The molecule has 1 saturated heterocycles. The fourth-order valence-electron chi connectivity index (χ4n) is 3.04. The number of benzene rings is 1. The molecule has 2 rings (SSSR count). The number of carbonyl (C=O) groups excluding carboxylic acids is 1. The van der Waals surface area contributed by atoms with Gasteiger partial charge in [-0.3, -0.25) is 9.69 Å². The fraction of sp³-hybridized carbons (Fsp3) is 0.500. The van der Waals surface area contributed by atoms with Gasteiger partial charge >= 0.3 is 0 Å². The molecule has 2 N–H and O–H groups in total. The third kappa shape index (κ3) is 5.09. The van der Waals surface area contributed by atoms with Crippen LogP contribution in [0.3, 0.4) is 0 Å². The molecule has 0 spiro atoms. The predicted molar refractivity (Wildman–Crippen MR) is 96.8 cm³/mol. The van der Waals surface area contributed by atoms with E-state index in [2.05, 4.69) is 23.7 Å². The van der Waals surface area contributed by atoms with Crippen LogP contribution in [0.2, 0.25) is 0 Å². The van der Waals surface area contributed by atoms with Crippen molar-refractivity contribution in [1.82, 2.24) is 4.90 Å². The Hall–Kier alpha value is -1.30. The SMILES string of the molecule is C=CCSc1ccccc1NC(=O)CN1CCCC(C)C1CO. The lowest BCUT2D eigenvalue weighted by atomic mass is 9.91. The Balaban J connectivity index is 1.98. The minimum Gasteiger partial charge on any atom is -0.395 e. The molecule has 0 aromatic heterocycles. The van der Waals surface area contributed by atoms with Crippen LogP contribution in [0.15, 0.2) is 41.8 Å². The molecule has 23 heavy (non-hydrogen) atoms. The smallest absolute Gasteiger partial charge is 0.238 e. The summed E-state index contributed by atoms with van der Waals surface area (Å²) in [4.78, 5) is 15.6. The van der Waals surface area contributed by atoms with Gasteiger partial charge in [0.15, 0.2) is 0 Å². The zero-order valence-electron chi connectivity index (χ0n) is 13.7. The number of hydrogen-bond acceptors (Lipinski definition) is 4. The van der Waals surface area contributed by atoms with E-state index in [-0.39, 0.29) is 18.6 Å². The molecule has 2 atom stereocenters. The van der Waals surface area contributed by atoms with E-state index in [0.717, 1.165) is 35.7 Å². The molecule has 0 aliphatic carbocycles. The van der Waals surface area contributed by atoms with Crippen LogP contribution < -0.4 is 5.32 Å². The van der Waals surface area contributed by atoms with Gasteiger partial charge in [-0.2, -0.15) is 0 Å². The topological polar surface area (TPSA) is 52.6 Å². The van der Waals surface area contributed by atoms with E-state index in [9.17, 15) is 9.90 Å². The standard InChI is InChI=1S/C18H26N2O2S/c1-3-11-23-17-9-5-4-8-15(17)19-18(22)12-20-10-6-7-14(2)16(20)13-21/h3-5,8-9,14,16,21H,1,6-7,10-13H2,2H3,(H,19,22). The van der Waals surface area contributed by atoms with Crippen molar-refractivity contribution in [2.75, 3.05) is 30.8 Å². The Kier molecular flexibility index (Phi) is 7.15. The van der Waals surface area contributed by atoms with Gasteiger partial charge in [0.1, 0.15) is 0 Å². The van der Waals surface area contributed by atoms with Crippen molar-refractivity contribution in [3.8, 4) is 0 Å². The first kappa shape index (κ1) is 18.0. The van der Waals surface area contributed by atoms with E-state index >= 15 is 0 Å². The van der Waals surface area contributed by atoms with Crippen LogP contribution in [-0.4, -0.2) is 47.4 Å². The van der Waals surface area contributed by atoms with Gasteiger partial charge in [0.05, 0.1) is 18.8 Å². The van der Waals surface area contributed by atoms with Crippen molar-refractivity contribution in [2.45, 2.75) is 30.7 Å². The number of amides is 1. The first-order chi connectivity index (χ1) is 11.2. The lowest BCUT2D eigenvalue weighted by Crippen LogP contribution is -2.49. The number of para-hydroxylation sites is 1. The molecule has 1 fully saturated rings. The van der Waals surface area contributed by atoms with Gasteiger partial charge in [-0.25, -0.2) is 0 Å². The first-order valence-electron chi connectivity index (χ1n) is 8.13. The van der Waals surface area contributed by atoms with Crippen molar-refractivity contribution in [3.63, 3.8) is 0 Å². The van der Waals surface area contributed by atoms with Gasteiger partial charge in [0.2, 0.25) is 5.91 Å². The molecule has 1 aromatic carbocycles. The molecule has 1 amide bonds. The summed E-state index contributed by atoms with van der Waals surface area (Å²) in [5.74, 6) is 1.21. The number of rotatable bonds is 7. The lowest BCUT2D eigenvalue weighted by molar-refractivity contribution is -0.118. The van der Waals surface area contributed by atoms with Crippen LogP contribution >= 0.6 is 11.8 Å². The molecule has 4 nitrogen and oxygen atoms in total. The van der Waals surface area contributed by atoms with Crippen LogP contribution in [0, 0.1) is 5.92 Å². The summed E-state index contributed by atoms with van der Waals surface area (Å²) in [6, 6.07) is 7.90. The second kappa shape index (κ2) is 9.11. The third-order valence-corrected chi connectivity index (χ3v) is 5.35. The second-order valence-corrected chi connectivity index (χ2v) is 7.05. The molecule has 126 valence electrons. The molecule has 2 unspecified atom stereocenters. The minimum atomic E-state index is -0.0239. The van der Waals surface area contributed by atoms with Crippen molar-refractivity contribution in [1.29, 1.82) is 0 Å². The Morgan fingerprint density at radius 3 is 3.04 bits per heavy atom. The number of aliphatic hydroxyl groups is 1. The third-order valence-electron chi connectivity index (χ3n) is 4.28. The maximum Gasteiger partial charge on any atom is 0.238 e. The van der Waals surface area contributed by atoms with Crippen molar-refractivity contribution < 1.29 is 9.90 Å². The second-order valence-electron chi connectivity index (χ2n) is 5.98. The average molecular weight is 334 g/mol. The van der Waals surface area contributed by atoms with Crippen LogP contribution in [0.4, 0.5) is 5.69 Å². The number of piperidine rings is 1. The number of nitrogens with one attached hydrogen (secondary N) is 1. The van der Waals surface area contributed by atoms with E-state index in [0.29, 0.717) is 12.5 Å². The summed E-state index contributed by atoms with van der Waals surface area (Å²) >= 11 is 1.65. The largest absolute Gasteiger partial charge is 0.395 e. The Morgan fingerprint density at radius 1 is 1.52 bits per heavy atom. The Labute approximate surface area is 143 Å². The van der Waals surface area contributed by atoms with E-state index in [1.165, 1.54) is 0 Å². The molecule has 0 saturated carbocycles. The van der Waals surface area contributed by atoms with Gasteiger partial charge in [0.25, 0.3) is 0 Å². The number of likely N-dealkylation sites (tertiary alicyclic amines) is 1. The molecule has 1 heterocycles. The maximum atomic E-state index is 12.4. The highest BCUT2D eigenvalue weighted by molar-refractivity contribution is 7.99. The zero-order valence-corrected chi connectivity index (χ0v) is 14.5. The van der Waals surface area contributed by atoms with Crippen molar-refractivity contribution in [3.05, 3.63) is 36.9 Å². The number of thioether (sulfide) groups is 1. The quantitative estimate of drug-likeness (QED) is 0.594. The van der Waals surface area contributed by atoms with Crippen molar-refractivity contribution >= 4 is 23.4 Å². The summed E-state index contributed by atoms with van der Waals surface area (Å²) in [5.41, 5.74) is 0.843. The zero-order chi connectivity index (χ0) is 16.7. The Bertz CT molecular complexity index is 536. The predicted octanol–water partition coefficient (Wildman–Crippen LogP) is 3.00. The minimum absolute atomic E-state index is 0.0239. The molecule has 0 radical (unpaired) electrons. The average Bonchev–Trinajstić information content (AvgIpc) is 2.54. The van der Waals surface area contributed by atoms with Crippen molar-refractivity contribution in [2.24, 2.45) is 5.92 Å². The van der Waals surface area contributed by atoms with Crippen LogP contribution in [0.5, 0.6) is 0 Å². The molecule has 0 bridgehead atoms. The van der Waals surface area contributed by atoms with E-state index < -0.39 is 0 Å². The highest BCUT2D eigenvalue weighted by Gasteiger charge is 2.29. The summed E-state index contributed by atoms with van der Waals surface area (Å²) in [5, 5.41) is 12.6. The summed E-state index contributed by atoms with van der Waals surface area (Å²) in [6.07, 6.45) is 4.05. The Morgan fingerprint density at radius 2 is 2.30 bits per heavy atom. The highest BCUT2D eigenvalue weighted by atomic mass is 32.2. The molecule has 1 aromatic rings. The molecule has 1 aliphatic heterocycles. The number of aliphatic hydroxyl groups excluding tert-OH is 1. The van der Waals surface area contributed by atoms with Gasteiger partial charge in [-0.05, 0) is 37.4 Å². The van der Waals surface area contributed by atoms with Gasteiger partial charge in [-0.15, -0.1) is 18.3 Å². The highest BCUT2D eigenvalue weighted by Crippen LogP contribution is 2.27. The van der Waals surface area contributed by atoms with Crippen LogP contribution in [-0.2, 0) is 4.79 Å². The van der Waals surface area contributed by atoms with E-state index in [1.54, 1.807) is 11.8 Å². The summed E-state index contributed by atoms with van der Waals surface area (Å²) in [7, 11) is 0. The van der Waals surface area contributed by atoms with Gasteiger partial charge < -0.3 is 10.4 Å². The fourth-order valence-corrected chi connectivity index (χ4v) is 3.79. The molecule has 1 aliphatic rings. The number of hydrogen-bond donors (Lipinski definition) is 2. The van der Waals surface area contributed by atoms with E-state index in [1.807, 2.05) is 30.3 Å². The van der Waals surface area contributed by atoms with Gasteiger partial charge in [-0.1, -0.05) is 25.1 Å². The van der Waals surface area contributed by atoms with E-state index in [4.69, 9.17) is 0 Å². The first-order valence-corrected chi connectivity index (χ1v) is 9.11. The molecular weight excluding hydrogens is 308 g/mol. The normalized spacial score (nSPS) is 21.8. The number of anilines is 1. The molecular formula is C18H26N2O2S. The lowest BCUT2D eigenvalue weighted by Gasteiger charge is -2.38. The number of nitrogens with zero attached hydrogens (tertiary/aromatic N) is 1. The maximum absolute atomic E-state index is 12.4. The van der Waals surface area contributed by atoms with Crippen LogP contribution in [0.1, 0.15) is 19.8 Å². The van der Waals surface area contributed by atoms with Gasteiger partial charge in [0, 0.05) is 16.7 Å². The number of carbonyl (C=O) groups is 1. The summed E-state index contributed by atoms with van der Waals surface area (Å²) < 4.78 is 0. The molecule has 5 heteroatoms. The summed E-state index contributed by atoms with van der Waals surface area (Å²) in [6.45, 7) is 7.19. The van der Waals surface area contributed by atoms with Crippen LogP contribution in [0.25, 0.3) is 0 Å².